The van der Waals surface area contributed by atoms with E-state index in [1.54, 1.807) is 0 Å². The first-order valence-electron chi connectivity index (χ1n) is 22.1. The number of likely N-dealkylation sites (N-methyl/N-ethyl adjacent to an activating group) is 1. The Morgan fingerprint density at radius 1 is 0.582 bits per heavy atom. The standard InChI is InChI=1S/C44H84NO8P.Na.H/c1-6-8-10-12-14-16-18-20-22-24-26-28-30-32-34-36-43(46)50-40-42(41-52-54(48,49)51-39-38-45(3,4)5)53-44(47)37-35-33-31-29-27-25-23-21-19-17-15-13-11-9-7-2;;/h20-23,42H,6-19,24-41H2,1-5H3;;/q;+1;-1/p+1/b22-20-,23-21-;;. The van der Waals surface area contributed by atoms with E-state index in [0.717, 1.165) is 70.6 Å². The Hall–Kier alpha value is -0.510. The van der Waals surface area contributed by atoms with Gasteiger partial charge in [-0.2, -0.15) is 0 Å². The summed E-state index contributed by atoms with van der Waals surface area (Å²) in [6, 6.07) is 0. The van der Waals surface area contributed by atoms with E-state index in [1.807, 2.05) is 21.1 Å². The number of esters is 2. The number of ether oxygens (including phenoxy) is 2. The first kappa shape index (κ1) is 56.6. The number of nitrogens with zero attached hydrogens (tertiary/aromatic N) is 1. The van der Waals surface area contributed by atoms with Crippen LogP contribution < -0.4 is 29.6 Å². The zero-order valence-corrected chi connectivity index (χ0v) is 39.6. The number of hydrogen-bond acceptors (Lipinski definition) is 7. The minimum Gasteiger partial charge on any atom is -1.00 e. The second-order valence-electron chi connectivity index (χ2n) is 16.1. The molecule has 0 saturated heterocycles. The molecule has 0 saturated carbocycles. The van der Waals surface area contributed by atoms with Crippen molar-refractivity contribution in [3.8, 4) is 0 Å². The topological polar surface area (TPSA) is 108 Å². The van der Waals surface area contributed by atoms with Gasteiger partial charge in [-0.15, -0.1) is 0 Å². The largest absolute Gasteiger partial charge is 1.00 e. The second-order valence-corrected chi connectivity index (χ2v) is 17.5. The molecule has 2 unspecified atom stereocenters. The minimum absolute atomic E-state index is 0. The van der Waals surface area contributed by atoms with Gasteiger partial charge < -0.3 is 20.3 Å². The molecule has 0 radical (unpaired) electrons. The van der Waals surface area contributed by atoms with Crippen molar-refractivity contribution in [1.29, 1.82) is 0 Å². The fourth-order valence-electron chi connectivity index (χ4n) is 5.94. The Balaban J connectivity index is -0.0000140. The molecule has 0 heterocycles. The van der Waals surface area contributed by atoms with E-state index in [0.29, 0.717) is 17.4 Å². The molecule has 0 spiro atoms. The van der Waals surface area contributed by atoms with Crippen molar-refractivity contribution >= 4 is 19.8 Å². The van der Waals surface area contributed by atoms with Crippen molar-refractivity contribution in [3.05, 3.63) is 24.3 Å². The van der Waals surface area contributed by atoms with E-state index in [1.165, 1.54) is 89.9 Å². The van der Waals surface area contributed by atoms with Crippen LogP contribution in [0.2, 0.25) is 0 Å². The van der Waals surface area contributed by atoms with Gasteiger partial charge in [-0.1, -0.05) is 141 Å². The number of carbonyl (C=O) groups excluding carboxylic acids is 2. The Morgan fingerprint density at radius 2 is 0.964 bits per heavy atom. The third-order valence-electron chi connectivity index (χ3n) is 9.45. The molecule has 0 aromatic rings. The Labute approximate surface area is 362 Å². The Kier molecular flexibility index (Phi) is 41.4. The molecule has 55 heavy (non-hydrogen) atoms. The zero-order chi connectivity index (χ0) is 40.0. The fourth-order valence-corrected chi connectivity index (χ4v) is 6.69. The summed E-state index contributed by atoms with van der Waals surface area (Å²) < 4.78 is 34.3. The Bertz CT molecular complexity index is 995. The van der Waals surface area contributed by atoms with Gasteiger partial charge in [-0.3, -0.25) is 18.6 Å². The summed E-state index contributed by atoms with van der Waals surface area (Å²) in [5.41, 5.74) is 0. The third-order valence-corrected chi connectivity index (χ3v) is 10.4. The van der Waals surface area contributed by atoms with Gasteiger partial charge in [0.2, 0.25) is 0 Å². The number of rotatable bonds is 40. The van der Waals surface area contributed by atoms with Crippen molar-refractivity contribution in [2.24, 2.45) is 0 Å². The summed E-state index contributed by atoms with van der Waals surface area (Å²) in [7, 11) is 1.47. The minimum atomic E-state index is -4.37. The Morgan fingerprint density at radius 3 is 1.38 bits per heavy atom. The van der Waals surface area contributed by atoms with E-state index in [-0.39, 0.29) is 63.0 Å². The quantitative estimate of drug-likeness (QED) is 0.0163. The van der Waals surface area contributed by atoms with E-state index in [2.05, 4.69) is 38.2 Å². The molecule has 0 amide bonds. The van der Waals surface area contributed by atoms with Gasteiger partial charge in [0.25, 0.3) is 0 Å². The van der Waals surface area contributed by atoms with Gasteiger partial charge in [0.1, 0.15) is 19.8 Å². The van der Waals surface area contributed by atoms with Crippen LogP contribution in [0.25, 0.3) is 0 Å². The van der Waals surface area contributed by atoms with Gasteiger partial charge in [0.15, 0.2) is 6.10 Å². The molecular formula is C44H86NNaO8P+. The van der Waals surface area contributed by atoms with Crippen LogP contribution in [0.5, 0.6) is 0 Å². The summed E-state index contributed by atoms with van der Waals surface area (Å²) in [6.45, 7) is 4.40. The number of unbranched alkanes of at least 4 members (excludes halogenated alkanes) is 22. The summed E-state index contributed by atoms with van der Waals surface area (Å²) >= 11 is 0. The van der Waals surface area contributed by atoms with Crippen LogP contribution in [-0.4, -0.2) is 74.9 Å². The number of phosphoric ester groups is 1. The zero-order valence-electron chi connectivity index (χ0n) is 37.7. The predicted octanol–water partition coefficient (Wildman–Crippen LogP) is 9.47. The van der Waals surface area contributed by atoms with Gasteiger partial charge in [-0.05, 0) is 64.2 Å². The van der Waals surface area contributed by atoms with Crippen molar-refractivity contribution in [2.45, 2.75) is 200 Å². The SMILES string of the molecule is CCCCCCCC/C=C\CCCCCCCC(=O)OCC(COP(=O)(O)OCC[N+](C)(C)C)OC(=O)CCCCCCC/C=C\CCCCCCCC.[H-].[Na+]. The molecule has 0 aromatic heterocycles. The molecular weight excluding hydrogens is 724 g/mol. The summed E-state index contributed by atoms with van der Waals surface area (Å²) in [4.78, 5) is 35.3. The molecule has 2 atom stereocenters. The van der Waals surface area contributed by atoms with Crippen LogP contribution in [-0.2, 0) is 32.7 Å². The smallest absolute Gasteiger partial charge is 1.00 e. The molecule has 11 heteroatoms. The normalized spacial score (nSPS) is 13.6. The van der Waals surface area contributed by atoms with Crippen molar-refractivity contribution in [2.75, 3.05) is 47.5 Å². The molecule has 9 nitrogen and oxygen atoms in total. The summed E-state index contributed by atoms with van der Waals surface area (Å²) in [5.74, 6) is -0.814. The first-order valence-corrected chi connectivity index (χ1v) is 23.6. The monoisotopic (exact) mass is 811 g/mol. The average molecular weight is 811 g/mol. The number of allylic oxidation sites excluding steroid dienone is 4. The molecule has 1 N–H and O–H groups in total. The van der Waals surface area contributed by atoms with Crippen molar-refractivity contribution < 1.29 is 73.0 Å². The maximum absolute atomic E-state index is 12.7. The predicted molar refractivity (Wildman–Crippen MR) is 225 cm³/mol. The molecule has 320 valence electrons. The molecule has 0 rings (SSSR count). The average Bonchev–Trinajstić information content (AvgIpc) is 3.12. The fraction of sp³-hybridized carbons (Fsp3) is 0.864. The van der Waals surface area contributed by atoms with Gasteiger partial charge >= 0.3 is 49.3 Å². The first-order chi connectivity index (χ1) is 26.0. The molecule has 0 aliphatic heterocycles. The van der Waals surface area contributed by atoms with Crippen LogP contribution in [0, 0.1) is 0 Å². The molecule has 0 bridgehead atoms. The number of carbonyl (C=O) groups is 2. The maximum Gasteiger partial charge on any atom is 1.00 e. The van der Waals surface area contributed by atoms with Gasteiger partial charge in [0.05, 0.1) is 27.7 Å². The van der Waals surface area contributed by atoms with Crippen LogP contribution in [0.4, 0.5) is 0 Å². The summed E-state index contributed by atoms with van der Waals surface area (Å²) in [5, 5.41) is 0. The van der Waals surface area contributed by atoms with E-state index in [9.17, 15) is 19.0 Å². The van der Waals surface area contributed by atoms with Gasteiger partial charge in [0, 0.05) is 12.8 Å². The molecule has 0 aliphatic rings. The summed E-state index contributed by atoms with van der Waals surface area (Å²) in [6.07, 6.45) is 39.3. The van der Waals surface area contributed by atoms with Crippen LogP contribution >= 0.6 is 7.82 Å². The van der Waals surface area contributed by atoms with E-state index in [4.69, 9.17) is 18.5 Å². The van der Waals surface area contributed by atoms with Gasteiger partial charge in [-0.25, -0.2) is 4.57 Å². The van der Waals surface area contributed by atoms with Crippen LogP contribution in [0.1, 0.15) is 195 Å². The molecule has 0 fully saturated rings. The molecule has 0 aliphatic carbocycles. The number of phosphoric acid groups is 1. The number of hydrogen-bond donors (Lipinski definition) is 1. The van der Waals surface area contributed by atoms with Crippen molar-refractivity contribution in [1.82, 2.24) is 0 Å². The van der Waals surface area contributed by atoms with E-state index < -0.39 is 26.5 Å². The third kappa shape index (κ3) is 44.4. The number of quaternary nitrogens is 1. The second kappa shape index (κ2) is 40.3. The van der Waals surface area contributed by atoms with Crippen LogP contribution in [0.15, 0.2) is 24.3 Å². The van der Waals surface area contributed by atoms with Crippen LogP contribution in [0.3, 0.4) is 0 Å². The van der Waals surface area contributed by atoms with E-state index >= 15 is 0 Å². The molecule has 0 aromatic carbocycles. The van der Waals surface area contributed by atoms with Crippen molar-refractivity contribution in [3.63, 3.8) is 0 Å². The maximum atomic E-state index is 12.7.